The van der Waals surface area contributed by atoms with E-state index >= 15 is 0 Å². The molecule has 0 saturated carbocycles. The van der Waals surface area contributed by atoms with Crippen molar-refractivity contribution in [3.05, 3.63) is 67.6 Å². The third kappa shape index (κ3) is 4.71. The van der Waals surface area contributed by atoms with Gasteiger partial charge in [-0.15, -0.1) is 5.01 Å². The summed E-state index contributed by atoms with van der Waals surface area (Å²) in [5, 5.41) is 12.0. The molecule has 0 spiro atoms. The molecule has 9 heteroatoms. The summed E-state index contributed by atoms with van der Waals surface area (Å²) in [4.78, 5) is 26.2. The Bertz CT molecular complexity index is 960. The molecule has 2 aromatic carbocycles. The van der Waals surface area contributed by atoms with E-state index in [2.05, 4.69) is 0 Å². The van der Waals surface area contributed by atoms with E-state index in [9.17, 15) is 14.9 Å². The molecule has 146 valence electrons. The lowest BCUT2D eigenvalue weighted by Gasteiger charge is -2.39. The summed E-state index contributed by atoms with van der Waals surface area (Å²) in [6.45, 7) is 5.02. The van der Waals surface area contributed by atoms with E-state index in [4.69, 9.17) is 46.4 Å². The Hall–Kier alpha value is -1.97. The van der Waals surface area contributed by atoms with Crippen molar-refractivity contribution in [1.82, 2.24) is 10.0 Å². The van der Waals surface area contributed by atoms with Crippen LogP contribution >= 0.6 is 46.4 Å². The summed E-state index contributed by atoms with van der Waals surface area (Å²) in [7, 11) is 0. The summed E-state index contributed by atoms with van der Waals surface area (Å²) in [5.74, 6) is -1.43. The Labute approximate surface area is 182 Å². The molecule has 0 aromatic heterocycles. The monoisotopic (exact) mass is 457 g/mol. The first kappa shape index (κ1) is 22.3. The molecule has 0 bridgehead atoms. The number of amides is 2. The van der Waals surface area contributed by atoms with Gasteiger partial charge in [0.25, 0.3) is 11.8 Å². The van der Waals surface area contributed by atoms with Gasteiger partial charge in [0, 0.05) is 15.6 Å². The van der Waals surface area contributed by atoms with Crippen molar-refractivity contribution in [1.29, 1.82) is 5.26 Å². The predicted octanol–water partition coefficient (Wildman–Crippen LogP) is 6.08. The molecule has 0 unspecified atom stereocenters. The van der Waals surface area contributed by atoms with Gasteiger partial charge in [0.1, 0.15) is 0 Å². The molecular weight excluding hydrogens is 444 g/mol. The third-order valence-electron chi connectivity index (χ3n) is 3.61. The summed E-state index contributed by atoms with van der Waals surface area (Å²) in [5.41, 5.74) is -0.831. The van der Waals surface area contributed by atoms with Crippen molar-refractivity contribution in [2.75, 3.05) is 0 Å². The second kappa shape index (κ2) is 8.59. The summed E-state index contributed by atoms with van der Waals surface area (Å²) in [6.07, 6.45) is 1.75. The van der Waals surface area contributed by atoms with Crippen LogP contribution < -0.4 is 0 Å². The number of benzene rings is 2. The Kier molecular flexibility index (Phi) is 6.84. The molecule has 0 radical (unpaired) electrons. The van der Waals surface area contributed by atoms with Gasteiger partial charge in [-0.3, -0.25) is 9.59 Å². The Morgan fingerprint density at radius 1 is 0.964 bits per heavy atom. The molecule has 0 fully saturated rings. The van der Waals surface area contributed by atoms with Gasteiger partial charge in [-0.1, -0.05) is 52.5 Å². The summed E-state index contributed by atoms with van der Waals surface area (Å²) < 4.78 is 0. The lowest BCUT2D eigenvalue weighted by molar-refractivity contribution is -0.0167. The van der Waals surface area contributed by atoms with Crippen LogP contribution in [0.2, 0.25) is 20.1 Å². The van der Waals surface area contributed by atoms with Gasteiger partial charge >= 0.3 is 0 Å². The zero-order valence-electron chi connectivity index (χ0n) is 15.1. The van der Waals surface area contributed by atoms with Crippen LogP contribution in [0.1, 0.15) is 41.5 Å². The number of carbonyl (C=O) groups excluding carboxylic acids is 2. The van der Waals surface area contributed by atoms with Gasteiger partial charge in [-0.2, -0.15) is 5.26 Å². The van der Waals surface area contributed by atoms with Crippen molar-refractivity contribution >= 4 is 58.2 Å². The molecule has 2 aromatic rings. The van der Waals surface area contributed by atoms with Crippen molar-refractivity contribution in [2.45, 2.75) is 26.3 Å². The smallest absolute Gasteiger partial charge is 0.267 e. The Morgan fingerprint density at radius 2 is 1.54 bits per heavy atom. The molecular formula is C19H15Cl4N3O2. The van der Waals surface area contributed by atoms with Crippen LogP contribution in [-0.2, 0) is 0 Å². The second-order valence-electron chi connectivity index (χ2n) is 6.76. The first-order valence-electron chi connectivity index (χ1n) is 7.96. The summed E-state index contributed by atoms with van der Waals surface area (Å²) in [6, 6.07) is 8.74. The van der Waals surface area contributed by atoms with Crippen LogP contribution in [0.15, 0.2) is 36.4 Å². The molecule has 0 N–H and O–H groups in total. The normalized spacial score (nSPS) is 10.9. The third-order valence-corrected chi connectivity index (χ3v) is 4.86. The van der Waals surface area contributed by atoms with E-state index in [1.165, 1.54) is 36.4 Å². The number of carbonyl (C=O) groups is 2. The lowest BCUT2D eigenvalue weighted by Crippen LogP contribution is -2.56. The van der Waals surface area contributed by atoms with Gasteiger partial charge in [0.05, 0.1) is 21.1 Å². The fourth-order valence-corrected chi connectivity index (χ4v) is 3.37. The van der Waals surface area contributed by atoms with Crippen LogP contribution in [0, 0.1) is 11.5 Å². The number of hydrogen-bond acceptors (Lipinski definition) is 3. The Morgan fingerprint density at radius 3 is 2.04 bits per heavy atom. The van der Waals surface area contributed by atoms with Gasteiger partial charge < -0.3 is 0 Å². The zero-order valence-corrected chi connectivity index (χ0v) is 18.2. The van der Waals surface area contributed by atoms with Crippen LogP contribution in [0.5, 0.6) is 0 Å². The lowest BCUT2D eigenvalue weighted by atomic mass is 10.1. The minimum atomic E-state index is -0.942. The largest absolute Gasteiger partial charge is 0.287 e. The average molecular weight is 459 g/mol. The van der Waals surface area contributed by atoms with E-state index in [0.29, 0.717) is 5.01 Å². The average Bonchev–Trinajstić information content (AvgIpc) is 2.59. The predicted molar refractivity (Wildman–Crippen MR) is 111 cm³/mol. The van der Waals surface area contributed by atoms with Crippen molar-refractivity contribution in [2.24, 2.45) is 0 Å². The number of hydrogen-bond donors (Lipinski definition) is 0. The maximum atomic E-state index is 13.2. The molecule has 0 aliphatic rings. The number of nitrogens with zero attached hydrogens (tertiary/aromatic N) is 3. The summed E-state index contributed by atoms with van der Waals surface area (Å²) >= 11 is 24.1. The highest BCUT2D eigenvalue weighted by atomic mass is 35.5. The number of nitriles is 1. The molecule has 2 rings (SSSR count). The topological polar surface area (TPSA) is 64.4 Å². The molecule has 2 amide bonds. The highest BCUT2D eigenvalue weighted by molar-refractivity contribution is 6.43. The van der Waals surface area contributed by atoms with Gasteiger partial charge in [0.15, 0.2) is 0 Å². The van der Waals surface area contributed by atoms with E-state index in [1.807, 2.05) is 0 Å². The number of rotatable bonds is 2. The maximum absolute atomic E-state index is 13.2. The van der Waals surface area contributed by atoms with Crippen molar-refractivity contribution < 1.29 is 9.59 Å². The second-order valence-corrected chi connectivity index (χ2v) is 8.42. The van der Waals surface area contributed by atoms with Crippen LogP contribution in [0.3, 0.4) is 0 Å². The van der Waals surface area contributed by atoms with Crippen LogP contribution in [0.4, 0.5) is 0 Å². The van der Waals surface area contributed by atoms with Crippen LogP contribution in [-0.4, -0.2) is 27.4 Å². The minimum absolute atomic E-state index is 0.0121. The van der Waals surface area contributed by atoms with Crippen LogP contribution in [0.25, 0.3) is 0 Å². The first-order chi connectivity index (χ1) is 13.0. The van der Waals surface area contributed by atoms with E-state index in [0.717, 1.165) is 5.01 Å². The molecule has 0 saturated heterocycles. The van der Waals surface area contributed by atoms with E-state index in [1.54, 1.807) is 27.0 Å². The molecule has 0 atom stereocenters. The molecule has 0 heterocycles. The molecule has 5 nitrogen and oxygen atoms in total. The zero-order chi connectivity index (χ0) is 21.2. The van der Waals surface area contributed by atoms with E-state index in [-0.39, 0.29) is 31.2 Å². The fraction of sp³-hybridized carbons (Fsp3) is 0.211. The van der Waals surface area contributed by atoms with Crippen molar-refractivity contribution in [3.63, 3.8) is 0 Å². The van der Waals surface area contributed by atoms with Gasteiger partial charge in [-0.05, 0) is 51.1 Å². The van der Waals surface area contributed by atoms with Crippen molar-refractivity contribution in [3.8, 4) is 6.19 Å². The molecule has 0 aliphatic heterocycles. The fourth-order valence-electron chi connectivity index (χ4n) is 2.46. The number of hydrazine groups is 1. The van der Waals surface area contributed by atoms with Gasteiger partial charge in [-0.25, -0.2) is 5.01 Å². The number of halogens is 4. The maximum Gasteiger partial charge on any atom is 0.287 e. The minimum Gasteiger partial charge on any atom is -0.267 e. The van der Waals surface area contributed by atoms with E-state index < -0.39 is 17.4 Å². The SMILES string of the molecule is CC(C)(C)N(C(=O)c1cc(Cl)cc(Cl)c1)N(C#N)C(=O)c1cccc(Cl)c1Cl. The quantitative estimate of drug-likeness (QED) is 0.311. The van der Waals surface area contributed by atoms with Gasteiger partial charge in [0.2, 0.25) is 6.19 Å². The highest BCUT2D eigenvalue weighted by Gasteiger charge is 2.37. The Balaban J connectivity index is 2.57. The molecule has 0 aliphatic carbocycles. The highest BCUT2D eigenvalue weighted by Crippen LogP contribution is 2.29. The first-order valence-corrected chi connectivity index (χ1v) is 9.47. The standard InChI is InChI=1S/C19H15Cl4N3O2/c1-19(2,3)26(17(27)11-7-12(20)9-13(21)8-11)25(10-24)18(28)14-5-4-6-15(22)16(14)23/h4-9H,1-3H3. The molecule has 28 heavy (non-hydrogen) atoms.